The summed E-state index contributed by atoms with van der Waals surface area (Å²) in [6.07, 6.45) is 8.10. The van der Waals surface area contributed by atoms with Gasteiger partial charge in [0.15, 0.2) is 16.7 Å². The number of rotatable bonds is 10. The third-order valence-electron chi connectivity index (χ3n) is 6.95. The summed E-state index contributed by atoms with van der Waals surface area (Å²) in [7, 11) is 0. The summed E-state index contributed by atoms with van der Waals surface area (Å²) in [4.78, 5) is 17.6. The minimum absolute atomic E-state index is 0.0459. The molecular formula is C30H37N5O3S2. The van der Waals surface area contributed by atoms with Gasteiger partial charge in [-0.2, -0.15) is 0 Å². The molecule has 1 unspecified atom stereocenters. The number of thioether (sulfide) groups is 1. The summed E-state index contributed by atoms with van der Waals surface area (Å²) in [5.74, 6) is 3.18. The standard InChI is InChI=1S/C30H37N5O3S2/c1-21-8-6-7-17-37-29(32-21)27(23-11-13-35(14-12-23)15-16-36)40-25-18-26(38-24-9-4-3-5-10-24)28(31-19-25)34-30-33-22(2)20-39-30/h3-5,8-10,18-20,23,27,36H,6-7,11-17H2,1-2H3,(H,31,33,34). The predicted octanol–water partition coefficient (Wildman–Crippen LogP) is 6.66. The number of ether oxygens (including phenoxy) is 2. The first kappa shape index (κ1) is 28.6. The van der Waals surface area contributed by atoms with Crippen LogP contribution < -0.4 is 10.1 Å². The third-order valence-corrected chi connectivity index (χ3v) is 9.16. The molecule has 2 aromatic heterocycles. The first-order valence-electron chi connectivity index (χ1n) is 13.9. The number of nitrogens with one attached hydrogen (secondary N) is 1. The van der Waals surface area contributed by atoms with E-state index in [1.165, 1.54) is 11.3 Å². The van der Waals surface area contributed by atoms with Crippen molar-refractivity contribution in [2.45, 2.75) is 49.7 Å². The van der Waals surface area contributed by atoms with Crippen LogP contribution in [0.5, 0.6) is 11.5 Å². The van der Waals surface area contributed by atoms with Crippen LogP contribution in [0.3, 0.4) is 0 Å². The average Bonchev–Trinajstić information content (AvgIpc) is 3.36. The molecule has 0 saturated carbocycles. The molecule has 2 aliphatic rings. The largest absolute Gasteiger partial charge is 0.480 e. The number of thiazole rings is 1. The first-order valence-corrected chi connectivity index (χ1v) is 15.6. The smallest absolute Gasteiger partial charge is 0.202 e. The molecule has 3 aromatic rings. The van der Waals surface area contributed by atoms with Gasteiger partial charge >= 0.3 is 0 Å². The van der Waals surface area contributed by atoms with Gasteiger partial charge in [-0.3, -0.25) is 0 Å². The van der Waals surface area contributed by atoms with Gasteiger partial charge in [-0.05, 0) is 76.7 Å². The summed E-state index contributed by atoms with van der Waals surface area (Å²) in [5, 5.41) is 15.6. The van der Waals surface area contributed by atoms with E-state index in [0.29, 0.717) is 24.1 Å². The summed E-state index contributed by atoms with van der Waals surface area (Å²) >= 11 is 3.28. The highest BCUT2D eigenvalue weighted by Gasteiger charge is 2.33. The van der Waals surface area contributed by atoms with Gasteiger partial charge in [0.1, 0.15) is 5.75 Å². The van der Waals surface area contributed by atoms with E-state index in [2.05, 4.69) is 28.2 Å². The highest BCUT2D eigenvalue weighted by Crippen LogP contribution is 2.39. The Morgan fingerprint density at radius 1 is 1.23 bits per heavy atom. The number of aliphatic hydroxyl groups is 1. The number of likely N-dealkylation sites (tertiary alicyclic amines) is 1. The Morgan fingerprint density at radius 2 is 2.05 bits per heavy atom. The van der Waals surface area contributed by atoms with E-state index >= 15 is 0 Å². The Morgan fingerprint density at radius 3 is 2.80 bits per heavy atom. The van der Waals surface area contributed by atoms with Crippen LogP contribution in [0.25, 0.3) is 0 Å². The average molecular weight is 580 g/mol. The Labute approximate surface area is 244 Å². The number of anilines is 2. The van der Waals surface area contributed by atoms with Crippen LogP contribution in [-0.2, 0) is 4.74 Å². The second kappa shape index (κ2) is 14.1. The Balaban J connectivity index is 1.44. The number of pyridine rings is 1. The fraction of sp³-hybridized carbons (Fsp3) is 0.433. The summed E-state index contributed by atoms with van der Waals surface area (Å²) in [6, 6.07) is 11.8. The van der Waals surface area contributed by atoms with E-state index in [-0.39, 0.29) is 11.9 Å². The van der Waals surface area contributed by atoms with E-state index in [1.807, 2.05) is 54.9 Å². The second-order valence-corrected chi connectivity index (χ2v) is 12.2. The predicted molar refractivity (Wildman–Crippen MR) is 163 cm³/mol. The Kier molecular flexibility index (Phi) is 10.1. The monoisotopic (exact) mass is 579 g/mol. The van der Waals surface area contributed by atoms with Gasteiger partial charge in [0.05, 0.1) is 24.2 Å². The maximum absolute atomic E-state index is 9.41. The van der Waals surface area contributed by atoms with Crippen molar-refractivity contribution in [1.29, 1.82) is 0 Å². The minimum atomic E-state index is 0.0459. The fourth-order valence-electron chi connectivity index (χ4n) is 4.88. The molecule has 8 nitrogen and oxygen atoms in total. The molecule has 1 fully saturated rings. The number of piperidine rings is 1. The first-order chi connectivity index (χ1) is 19.6. The van der Waals surface area contributed by atoms with Crippen LogP contribution in [0.4, 0.5) is 10.9 Å². The second-order valence-electron chi connectivity index (χ2n) is 10.1. The van der Waals surface area contributed by atoms with Gasteiger partial charge < -0.3 is 24.8 Å². The van der Waals surface area contributed by atoms with Gasteiger partial charge in [-0.25, -0.2) is 15.0 Å². The van der Waals surface area contributed by atoms with Gasteiger partial charge in [0.25, 0.3) is 0 Å². The van der Waals surface area contributed by atoms with E-state index in [9.17, 15) is 5.11 Å². The summed E-state index contributed by atoms with van der Waals surface area (Å²) < 4.78 is 12.6. The molecule has 2 aliphatic heterocycles. The van der Waals surface area contributed by atoms with E-state index in [0.717, 1.165) is 78.4 Å². The topological polar surface area (TPSA) is 92.1 Å². The number of aromatic nitrogens is 2. The third kappa shape index (κ3) is 7.84. The van der Waals surface area contributed by atoms with Gasteiger partial charge in [-0.1, -0.05) is 24.3 Å². The molecule has 0 amide bonds. The molecule has 0 bridgehead atoms. The van der Waals surface area contributed by atoms with E-state index in [1.54, 1.807) is 11.8 Å². The van der Waals surface area contributed by atoms with Gasteiger partial charge in [-0.15, -0.1) is 23.1 Å². The number of aliphatic imine (C=N–C) groups is 1. The molecule has 1 atom stereocenters. The lowest BCUT2D eigenvalue weighted by molar-refractivity contribution is 0.148. The van der Waals surface area contributed by atoms with E-state index < -0.39 is 0 Å². The van der Waals surface area contributed by atoms with Crippen molar-refractivity contribution < 1.29 is 14.6 Å². The number of hydrogen-bond acceptors (Lipinski definition) is 10. The lowest BCUT2D eigenvalue weighted by atomic mass is 9.93. The number of aliphatic hydroxyl groups excluding tert-OH is 1. The lowest BCUT2D eigenvalue weighted by Crippen LogP contribution is -2.41. The van der Waals surface area contributed by atoms with Crippen LogP contribution in [0, 0.1) is 12.8 Å². The van der Waals surface area contributed by atoms with Gasteiger partial charge in [0.2, 0.25) is 5.90 Å². The highest BCUT2D eigenvalue weighted by atomic mass is 32.2. The molecule has 1 saturated heterocycles. The molecule has 2 N–H and O–H groups in total. The van der Waals surface area contributed by atoms with Crippen LogP contribution in [-0.4, -0.2) is 64.0 Å². The van der Waals surface area contributed by atoms with Crippen molar-refractivity contribution in [3.63, 3.8) is 0 Å². The van der Waals surface area contributed by atoms with Crippen molar-refractivity contribution in [3.8, 4) is 11.5 Å². The van der Waals surface area contributed by atoms with Crippen molar-refractivity contribution in [2.75, 3.05) is 38.2 Å². The normalized spacial score (nSPS) is 17.7. The maximum atomic E-state index is 9.41. The molecule has 0 spiro atoms. The zero-order chi connectivity index (χ0) is 27.7. The quantitative estimate of drug-likeness (QED) is 0.258. The number of aryl methyl sites for hydroxylation is 1. The molecule has 5 rings (SSSR count). The molecule has 212 valence electrons. The number of benzene rings is 1. The minimum Gasteiger partial charge on any atom is -0.480 e. The molecule has 1 aromatic carbocycles. The molecule has 0 aliphatic carbocycles. The number of para-hydroxylation sites is 1. The molecular weight excluding hydrogens is 542 g/mol. The van der Waals surface area contributed by atoms with Crippen LogP contribution >= 0.6 is 23.1 Å². The lowest BCUT2D eigenvalue weighted by Gasteiger charge is -2.36. The van der Waals surface area contributed by atoms with Crippen LogP contribution in [0.15, 0.2) is 69.6 Å². The number of hydrogen-bond donors (Lipinski definition) is 2. The molecule has 4 heterocycles. The van der Waals surface area contributed by atoms with Crippen molar-refractivity contribution in [3.05, 3.63) is 65.4 Å². The number of nitrogens with zero attached hydrogens (tertiary/aromatic N) is 4. The van der Waals surface area contributed by atoms with Crippen molar-refractivity contribution >= 4 is 39.9 Å². The fourth-order valence-corrected chi connectivity index (χ4v) is 6.83. The van der Waals surface area contributed by atoms with Crippen molar-refractivity contribution in [2.24, 2.45) is 10.9 Å². The number of β-amino-alcohol motifs (C(OH)–C–C–N with tert-alkyl or cyclic N) is 1. The van der Waals surface area contributed by atoms with Crippen LogP contribution in [0.2, 0.25) is 0 Å². The van der Waals surface area contributed by atoms with Crippen molar-refractivity contribution in [1.82, 2.24) is 14.9 Å². The highest BCUT2D eigenvalue weighted by molar-refractivity contribution is 8.00. The Bertz CT molecular complexity index is 1310. The van der Waals surface area contributed by atoms with E-state index in [4.69, 9.17) is 19.5 Å². The zero-order valence-electron chi connectivity index (χ0n) is 23.1. The Hall–Kier alpha value is -2.92. The molecule has 10 heteroatoms. The maximum Gasteiger partial charge on any atom is 0.202 e. The SMILES string of the molecule is CC1=CCCCOC(C(Sc2cnc(Nc3nc(C)cs3)c(Oc3ccccc3)c2)C2CCN(CCO)CC2)=N1. The summed E-state index contributed by atoms with van der Waals surface area (Å²) in [5.41, 5.74) is 1.96. The zero-order valence-corrected chi connectivity index (χ0v) is 24.7. The molecule has 40 heavy (non-hydrogen) atoms. The number of allylic oxidation sites excluding steroid dienone is 2. The van der Waals surface area contributed by atoms with Gasteiger partial charge in [0, 0.05) is 28.7 Å². The van der Waals surface area contributed by atoms with Crippen LogP contribution in [0.1, 0.15) is 38.3 Å². The summed E-state index contributed by atoms with van der Waals surface area (Å²) in [6.45, 7) is 7.53. The molecule has 0 radical (unpaired) electrons.